The Labute approximate surface area is 171 Å². The van der Waals surface area contributed by atoms with Crippen LogP contribution < -0.4 is 10.9 Å². The summed E-state index contributed by atoms with van der Waals surface area (Å²) in [6.07, 6.45) is 1.65. The van der Waals surface area contributed by atoms with Crippen molar-refractivity contribution in [2.75, 3.05) is 5.32 Å². The number of nitriles is 1. The van der Waals surface area contributed by atoms with E-state index in [1.165, 1.54) is 11.3 Å². The molecule has 0 bridgehead atoms. The molecular weight excluding hydrogens is 382 g/mol. The summed E-state index contributed by atoms with van der Waals surface area (Å²) in [4.78, 5) is 16.9. The molecule has 1 N–H and O–H groups in total. The number of thiazole rings is 1. The minimum absolute atomic E-state index is 0.381. The molecular formula is C23H17N3O2S. The summed E-state index contributed by atoms with van der Waals surface area (Å²) in [6.45, 7) is 4.02. The quantitative estimate of drug-likeness (QED) is 0.362. The second kappa shape index (κ2) is 7.74. The number of nitrogens with zero attached hydrogens (tertiary/aromatic N) is 2. The smallest absolute Gasteiger partial charge is 0.345 e. The van der Waals surface area contributed by atoms with E-state index in [4.69, 9.17) is 4.42 Å². The predicted molar refractivity (Wildman–Crippen MR) is 117 cm³/mol. The molecule has 0 aliphatic carbocycles. The van der Waals surface area contributed by atoms with E-state index in [0.717, 1.165) is 22.2 Å². The third kappa shape index (κ3) is 3.68. The van der Waals surface area contributed by atoms with Crippen molar-refractivity contribution in [1.82, 2.24) is 4.98 Å². The molecule has 5 nitrogen and oxygen atoms in total. The van der Waals surface area contributed by atoms with E-state index in [0.29, 0.717) is 27.4 Å². The van der Waals surface area contributed by atoms with Gasteiger partial charge in [-0.1, -0.05) is 36.4 Å². The number of nitrogens with one attached hydrogen (secondary N) is 1. The van der Waals surface area contributed by atoms with Crippen LogP contribution in [0.25, 0.3) is 27.8 Å². The molecule has 4 rings (SSSR count). The molecule has 0 radical (unpaired) electrons. The van der Waals surface area contributed by atoms with Crippen molar-refractivity contribution in [3.63, 3.8) is 0 Å². The van der Waals surface area contributed by atoms with Gasteiger partial charge in [0.2, 0.25) is 0 Å². The van der Waals surface area contributed by atoms with Crippen LogP contribution >= 0.6 is 11.3 Å². The maximum absolute atomic E-state index is 12.4. The third-order valence-electron chi connectivity index (χ3n) is 4.61. The molecule has 0 atom stereocenters. The zero-order valence-corrected chi connectivity index (χ0v) is 16.7. The van der Waals surface area contributed by atoms with E-state index >= 15 is 0 Å². The van der Waals surface area contributed by atoms with Gasteiger partial charge < -0.3 is 9.73 Å². The van der Waals surface area contributed by atoms with Crippen LogP contribution in [0.3, 0.4) is 0 Å². The first-order valence-corrected chi connectivity index (χ1v) is 9.87. The van der Waals surface area contributed by atoms with Crippen molar-refractivity contribution in [2.24, 2.45) is 0 Å². The second-order valence-electron chi connectivity index (χ2n) is 6.60. The number of rotatable bonds is 4. The van der Waals surface area contributed by atoms with Gasteiger partial charge in [0.05, 0.1) is 11.3 Å². The van der Waals surface area contributed by atoms with Crippen molar-refractivity contribution in [3.05, 3.63) is 86.7 Å². The van der Waals surface area contributed by atoms with Crippen LogP contribution in [0.4, 0.5) is 5.69 Å². The van der Waals surface area contributed by atoms with E-state index in [1.807, 2.05) is 50.2 Å². The molecule has 29 heavy (non-hydrogen) atoms. The van der Waals surface area contributed by atoms with Crippen molar-refractivity contribution in [2.45, 2.75) is 13.8 Å². The topological polar surface area (TPSA) is 78.9 Å². The number of benzene rings is 2. The average Bonchev–Trinajstić information content (AvgIpc) is 3.19. The second-order valence-corrected chi connectivity index (χ2v) is 7.46. The van der Waals surface area contributed by atoms with Crippen molar-refractivity contribution < 1.29 is 4.42 Å². The van der Waals surface area contributed by atoms with Crippen LogP contribution in [0, 0.1) is 25.2 Å². The van der Waals surface area contributed by atoms with Crippen molar-refractivity contribution >= 4 is 33.6 Å². The maximum Gasteiger partial charge on any atom is 0.345 e. The number of hydrogen-bond donors (Lipinski definition) is 1. The molecule has 0 aliphatic rings. The minimum atomic E-state index is -0.448. The molecule has 4 aromatic rings. The monoisotopic (exact) mass is 399 g/mol. The molecule has 142 valence electrons. The Bertz CT molecular complexity index is 1320. The van der Waals surface area contributed by atoms with Gasteiger partial charge >= 0.3 is 5.63 Å². The Morgan fingerprint density at radius 3 is 2.69 bits per heavy atom. The van der Waals surface area contributed by atoms with Gasteiger partial charge in [-0.05, 0) is 37.1 Å². The number of fused-ring (bicyclic) bond motifs is 1. The maximum atomic E-state index is 12.4. The molecule has 0 saturated heterocycles. The highest BCUT2D eigenvalue weighted by atomic mass is 32.1. The Morgan fingerprint density at radius 1 is 1.17 bits per heavy atom. The van der Waals surface area contributed by atoms with Crippen LogP contribution in [0.15, 0.2) is 69.3 Å². The first-order valence-electron chi connectivity index (χ1n) is 8.99. The number of aromatic nitrogens is 1. The van der Waals surface area contributed by atoms with Crippen LogP contribution in [-0.4, -0.2) is 4.98 Å². The van der Waals surface area contributed by atoms with Crippen LogP contribution in [-0.2, 0) is 0 Å². The highest BCUT2D eigenvalue weighted by Gasteiger charge is 2.14. The van der Waals surface area contributed by atoms with Crippen LogP contribution in [0.5, 0.6) is 0 Å². The Kier molecular flexibility index (Phi) is 4.98. The highest BCUT2D eigenvalue weighted by Crippen LogP contribution is 2.27. The lowest BCUT2D eigenvalue weighted by Crippen LogP contribution is -2.03. The minimum Gasteiger partial charge on any atom is -0.422 e. The first-order chi connectivity index (χ1) is 14.1. The lowest BCUT2D eigenvalue weighted by atomic mass is 10.1. The Hall–Kier alpha value is -3.69. The largest absolute Gasteiger partial charge is 0.422 e. The average molecular weight is 399 g/mol. The van der Waals surface area contributed by atoms with Gasteiger partial charge in [-0.25, -0.2) is 9.78 Å². The summed E-state index contributed by atoms with van der Waals surface area (Å²) < 4.78 is 5.39. The van der Waals surface area contributed by atoms with Crippen molar-refractivity contribution in [3.8, 4) is 17.3 Å². The Morgan fingerprint density at radius 2 is 1.93 bits per heavy atom. The predicted octanol–water partition coefficient (Wildman–Crippen LogP) is 5.51. The molecule has 0 fully saturated rings. The summed E-state index contributed by atoms with van der Waals surface area (Å²) in [5.41, 5.74) is 4.51. The molecule has 0 unspecified atom stereocenters. The van der Waals surface area contributed by atoms with Crippen molar-refractivity contribution in [1.29, 1.82) is 5.26 Å². The van der Waals surface area contributed by atoms with Gasteiger partial charge in [0, 0.05) is 22.7 Å². The molecule has 2 aromatic heterocycles. The van der Waals surface area contributed by atoms with Gasteiger partial charge in [-0.3, -0.25) is 0 Å². The molecule has 0 aliphatic heterocycles. The molecule has 6 heteroatoms. The van der Waals surface area contributed by atoms with E-state index in [2.05, 4.69) is 16.4 Å². The first kappa shape index (κ1) is 18.7. The normalized spacial score (nSPS) is 11.4. The zero-order valence-electron chi connectivity index (χ0n) is 15.9. The third-order valence-corrected chi connectivity index (χ3v) is 5.49. The number of aryl methyl sites for hydroxylation is 2. The van der Waals surface area contributed by atoms with Gasteiger partial charge in [0.1, 0.15) is 22.2 Å². The van der Waals surface area contributed by atoms with E-state index < -0.39 is 5.63 Å². The van der Waals surface area contributed by atoms with E-state index in [9.17, 15) is 10.1 Å². The van der Waals surface area contributed by atoms with Gasteiger partial charge in [0.15, 0.2) is 0 Å². The summed E-state index contributed by atoms with van der Waals surface area (Å²) in [6, 6.07) is 17.3. The fourth-order valence-corrected chi connectivity index (χ4v) is 3.88. The fraction of sp³-hybridized carbons (Fsp3) is 0.0870. The van der Waals surface area contributed by atoms with E-state index in [-0.39, 0.29) is 0 Å². The van der Waals surface area contributed by atoms with Crippen LogP contribution in [0.2, 0.25) is 0 Å². The SMILES string of the molecule is Cc1cccc(C)c1NC=C(C#N)c1nc(-c2cc3ccccc3oc2=O)cs1. The zero-order chi connectivity index (χ0) is 20.4. The Balaban J connectivity index is 1.68. The number of para-hydroxylation sites is 2. The van der Waals surface area contributed by atoms with Gasteiger partial charge in [0.25, 0.3) is 0 Å². The van der Waals surface area contributed by atoms with Gasteiger partial charge in [-0.15, -0.1) is 11.3 Å². The fourth-order valence-electron chi connectivity index (χ4n) is 3.09. The highest BCUT2D eigenvalue weighted by molar-refractivity contribution is 7.11. The molecule has 2 heterocycles. The lowest BCUT2D eigenvalue weighted by molar-refractivity contribution is 0.563. The summed E-state index contributed by atoms with van der Waals surface area (Å²) in [7, 11) is 0. The number of allylic oxidation sites excluding steroid dienone is 1. The molecule has 0 saturated carbocycles. The standard InChI is InChI=1S/C23H17N3O2S/c1-14-6-5-7-15(2)21(14)25-12-17(11-24)22-26-19(13-29-22)18-10-16-8-3-4-9-20(16)28-23(18)27/h3-10,12-13,25H,1-2H3. The molecule has 2 aromatic carbocycles. The van der Waals surface area contributed by atoms with E-state index in [1.54, 1.807) is 23.7 Å². The molecule has 0 amide bonds. The summed E-state index contributed by atoms with van der Waals surface area (Å²) >= 11 is 1.31. The number of hydrogen-bond acceptors (Lipinski definition) is 6. The molecule has 0 spiro atoms. The summed E-state index contributed by atoms with van der Waals surface area (Å²) in [5.74, 6) is 0. The lowest BCUT2D eigenvalue weighted by Gasteiger charge is -2.09. The van der Waals surface area contributed by atoms with Crippen LogP contribution in [0.1, 0.15) is 16.1 Å². The number of anilines is 1. The van der Waals surface area contributed by atoms with Gasteiger partial charge in [-0.2, -0.15) is 5.26 Å². The summed E-state index contributed by atoms with van der Waals surface area (Å²) in [5, 5.41) is 15.9.